The number of likely N-dealkylation sites (N-methyl/N-ethyl adjacent to an activating group) is 2. The molecule has 2 aliphatic heterocycles. The molecule has 0 aliphatic carbocycles. The maximum absolute atomic E-state index is 13.1. The van der Waals surface area contributed by atoms with Crippen molar-refractivity contribution in [2.45, 2.75) is 31.8 Å². The van der Waals surface area contributed by atoms with Crippen molar-refractivity contribution in [1.82, 2.24) is 25.3 Å². The first-order valence-electron chi connectivity index (χ1n) is 9.59. The third-order valence-corrected chi connectivity index (χ3v) is 5.95. The van der Waals surface area contributed by atoms with Crippen molar-refractivity contribution >= 4 is 5.91 Å². The van der Waals surface area contributed by atoms with E-state index in [1.807, 2.05) is 31.3 Å². The number of aromatic nitrogens is 2. The van der Waals surface area contributed by atoms with Crippen molar-refractivity contribution in [3.05, 3.63) is 36.2 Å². The van der Waals surface area contributed by atoms with Crippen molar-refractivity contribution in [3.8, 4) is 11.4 Å². The third kappa shape index (κ3) is 3.75. The molecule has 4 rings (SSSR count). The number of hydrogen-bond donors (Lipinski definition) is 1. The SMILES string of the molecule is CN(Cc1cc(-c2ccccn2)no1)C(=O)C1CC2(CCNCC2)CN1C. The van der Waals surface area contributed by atoms with Gasteiger partial charge in [-0.1, -0.05) is 11.2 Å². The summed E-state index contributed by atoms with van der Waals surface area (Å²) in [6.45, 7) is 3.53. The summed E-state index contributed by atoms with van der Waals surface area (Å²) in [6, 6.07) is 7.48. The highest BCUT2D eigenvalue weighted by Crippen LogP contribution is 2.41. The average Bonchev–Trinajstić information content (AvgIpc) is 3.27. The van der Waals surface area contributed by atoms with Crippen LogP contribution in [0, 0.1) is 5.41 Å². The molecule has 27 heavy (non-hydrogen) atoms. The number of hydrogen-bond acceptors (Lipinski definition) is 6. The van der Waals surface area contributed by atoms with E-state index in [-0.39, 0.29) is 11.9 Å². The molecular formula is C20H27N5O2. The normalized spacial score (nSPS) is 22.2. The van der Waals surface area contributed by atoms with Crippen LogP contribution in [-0.2, 0) is 11.3 Å². The Kier molecular flexibility index (Phi) is 4.97. The molecule has 0 saturated carbocycles. The van der Waals surface area contributed by atoms with Crippen molar-refractivity contribution in [3.63, 3.8) is 0 Å². The predicted molar refractivity (Wildman–Crippen MR) is 102 cm³/mol. The molecule has 7 nitrogen and oxygen atoms in total. The molecule has 144 valence electrons. The Morgan fingerprint density at radius 1 is 1.37 bits per heavy atom. The van der Waals surface area contributed by atoms with Gasteiger partial charge in [-0.15, -0.1) is 0 Å². The summed E-state index contributed by atoms with van der Waals surface area (Å²) in [6.07, 6.45) is 4.98. The maximum atomic E-state index is 13.1. The quantitative estimate of drug-likeness (QED) is 0.885. The standard InChI is InChI=1S/C20H27N5O2/c1-24(13-15-11-17(23-27-15)16-5-3-4-8-22-16)19(26)18-12-20(14-25(18)2)6-9-21-10-7-20/h3-5,8,11,18,21H,6-7,9-10,12-14H2,1-2H3. The van der Waals surface area contributed by atoms with Crippen molar-refractivity contribution < 1.29 is 9.32 Å². The monoisotopic (exact) mass is 369 g/mol. The van der Waals surface area contributed by atoms with Crippen LogP contribution < -0.4 is 5.32 Å². The summed E-state index contributed by atoms with van der Waals surface area (Å²) in [7, 11) is 3.91. The van der Waals surface area contributed by atoms with Crippen LogP contribution in [0.25, 0.3) is 11.4 Å². The van der Waals surface area contributed by atoms with Crippen molar-refractivity contribution in [2.24, 2.45) is 5.41 Å². The van der Waals surface area contributed by atoms with E-state index >= 15 is 0 Å². The van der Waals surface area contributed by atoms with E-state index < -0.39 is 0 Å². The molecule has 0 radical (unpaired) electrons. The number of likely N-dealkylation sites (tertiary alicyclic amines) is 1. The van der Waals surface area contributed by atoms with Crippen LogP contribution in [0.15, 0.2) is 35.0 Å². The second-order valence-electron chi connectivity index (χ2n) is 7.97. The second-order valence-corrected chi connectivity index (χ2v) is 7.97. The third-order valence-electron chi connectivity index (χ3n) is 5.95. The zero-order valence-electron chi connectivity index (χ0n) is 16.0. The average molecular weight is 369 g/mol. The number of carbonyl (C=O) groups is 1. The summed E-state index contributed by atoms with van der Waals surface area (Å²) >= 11 is 0. The number of rotatable bonds is 4. The molecule has 2 aromatic heterocycles. The van der Waals surface area contributed by atoms with Gasteiger partial charge >= 0.3 is 0 Å². The maximum Gasteiger partial charge on any atom is 0.240 e. The van der Waals surface area contributed by atoms with Gasteiger partial charge in [0.2, 0.25) is 5.91 Å². The van der Waals surface area contributed by atoms with Gasteiger partial charge in [-0.2, -0.15) is 0 Å². The van der Waals surface area contributed by atoms with Crippen LogP contribution in [0.4, 0.5) is 0 Å². The minimum atomic E-state index is -0.0497. The highest BCUT2D eigenvalue weighted by molar-refractivity contribution is 5.82. The number of piperidine rings is 1. The first kappa shape index (κ1) is 18.1. The molecule has 2 aromatic rings. The molecule has 1 spiro atoms. The fourth-order valence-corrected chi connectivity index (χ4v) is 4.45. The Labute approximate surface area is 159 Å². The summed E-state index contributed by atoms with van der Waals surface area (Å²) in [5, 5.41) is 7.51. The van der Waals surface area contributed by atoms with Gasteiger partial charge in [0.25, 0.3) is 0 Å². The van der Waals surface area contributed by atoms with Crippen molar-refractivity contribution in [2.75, 3.05) is 33.7 Å². The van der Waals surface area contributed by atoms with E-state index in [1.165, 1.54) is 0 Å². The van der Waals surface area contributed by atoms with Crippen molar-refractivity contribution in [1.29, 1.82) is 0 Å². The van der Waals surface area contributed by atoms with Gasteiger partial charge in [0.1, 0.15) is 5.69 Å². The van der Waals surface area contributed by atoms with Gasteiger partial charge in [0, 0.05) is 25.9 Å². The molecule has 0 bridgehead atoms. The fraction of sp³-hybridized carbons (Fsp3) is 0.550. The minimum Gasteiger partial charge on any atom is -0.359 e. The molecule has 0 aromatic carbocycles. The second kappa shape index (κ2) is 7.40. The van der Waals surface area contributed by atoms with Crippen LogP contribution in [-0.4, -0.2) is 65.6 Å². The molecule has 1 unspecified atom stereocenters. The van der Waals surface area contributed by atoms with E-state index in [1.54, 1.807) is 11.1 Å². The Morgan fingerprint density at radius 2 is 2.19 bits per heavy atom. The van der Waals surface area contributed by atoms with Crippen LogP contribution in [0.1, 0.15) is 25.0 Å². The lowest BCUT2D eigenvalue weighted by molar-refractivity contribution is -0.135. The van der Waals surface area contributed by atoms with Gasteiger partial charge < -0.3 is 14.7 Å². The minimum absolute atomic E-state index is 0.0497. The van der Waals surface area contributed by atoms with Crippen LogP contribution in [0.5, 0.6) is 0 Å². The molecule has 1 atom stereocenters. The Hall–Kier alpha value is -2.25. The van der Waals surface area contributed by atoms with Crippen LogP contribution >= 0.6 is 0 Å². The molecule has 2 fully saturated rings. The highest BCUT2D eigenvalue weighted by atomic mass is 16.5. The largest absolute Gasteiger partial charge is 0.359 e. The van der Waals surface area contributed by atoms with Gasteiger partial charge in [-0.05, 0) is 56.9 Å². The lowest BCUT2D eigenvalue weighted by atomic mass is 9.77. The molecule has 1 amide bonds. The van der Waals surface area contributed by atoms with Gasteiger partial charge in [0.15, 0.2) is 5.76 Å². The van der Waals surface area contributed by atoms with Gasteiger partial charge in [0.05, 0.1) is 18.3 Å². The zero-order chi connectivity index (χ0) is 18.9. The van der Waals surface area contributed by atoms with E-state index in [4.69, 9.17) is 4.52 Å². The van der Waals surface area contributed by atoms with Crippen LogP contribution in [0.2, 0.25) is 0 Å². The number of nitrogens with zero attached hydrogens (tertiary/aromatic N) is 4. The lowest BCUT2D eigenvalue weighted by Gasteiger charge is -2.33. The highest BCUT2D eigenvalue weighted by Gasteiger charge is 2.46. The molecular weight excluding hydrogens is 342 g/mol. The number of carbonyl (C=O) groups excluding carboxylic acids is 1. The van der Waals surface area contributed by atoms with E-state index in [2.05, 4.69) is 27.4 Å². The summed E-state index contributed by atoms with van der Waals surface area (Å²) in [5.74, 6) is 0.826. The number of nitrogens with one attached hydrogen (secondary N) is 1. The molecule has 1 N–H and O–H groups in total. The topological polar surface area (TPSA) is 74.5 Å². The van der Waals surface area contributed by atoms with E-state index in [9.17, 15) is 4.79 Å². The Morgan fingerprint density at radius 3 is 2.93 bits per heavy atom. The van der Waals surface area contributed by atoms with E-state index in [0.717, 1.165) is 44.6 Å². The lowest BCUT2D eigenvalue weighted by Crippen LogP contribution is -2.42. The number of amides is 1. The van der Waals surface area contributed by atoms with Crippen LogP contribution in [0.3, 0.4) is 0 Å². The zero-order valence-corrected chi connectivity index (χ0v) is 16.0. The summed E-state index contributed by atoms with van der Waals surface area (Å²) in [4.78, 5) is 21.3. The fourth-order valence-electron chi connectivity index (χ4n) is 4.45. The molecule has 7 heteroatoms. The van der Waals surface area contributed by atoms with E-state index in [0.29, 0.717) is 23.4 Å². The first-order valence-corrected chi connectivity index (χ1v) is 9.59. The molecule has 2 aliphatic rings. The smallest absolute Gasteiger partial charge is 0.240 e. The molecule has 2 saturated heterocycles. The predicted octanol–water partition coefficient (Wildman–Crippen LogP) is 1.77. The number of pyridine rings is 1. The first-order chi connectivity index (χ1) is 13.1. The van der Waals surface area contributed by atoms with Gasteiger partial charge in [-0.3, -0.25) is 14.7 Å². The summed E-state index contributed by atoms with van der Waals surface area (Å²) in [5.41, 5.74) is 1.75. The van der Waals surface area contributed by atoms with Gasteiger partial charge in [-0.25, -0.2) is 0 Å². The molecule has 4 heterocycles. The summed E-state index contributed by atoms with van der Waals surface area (Å²) < 4.78 is 5.43. The Bertz CT molecular complexity index is 785. The Balaban J connectivity index is 1.40.